The molecule has 0 aliphatic carbocycles. The first-order valence-electron chi connectivity index (χ1n) is 6.48. The van der Waals surface area contributed by atoms with Gasteiger partial charge in [-0.05, 0) is 19.1 Å². The van der Waals surface area contributed by atoms with Gasteiger partial charge in [-0.15, -0.1) is 0 Å². The SMILES string of the molecule is CC1C(=O)NCCN1C(=O)CCNC(=O)c1ccco1. The molecular formula is C13H17N3O4. The Labute approximate surface area is 116 Å². The van der Waals surface area contributed by atoms with Crippen LogP contribution in [0.2, 0.25) is 0 Å². The lowest BCUT2D eigenvalue weighted by Gasteiger charge is -2.32. The number of carbonyl (C=O) groups is 3. The van der Waals surface area contributed by atoms with E-state index in [1.165, 1.54) is 11.2 Å². The van der Waals surface area contributed by atoms with Crippen molar-refractivity contribution in [2.45, 2.75) is 19.4 Å². The Hall–Kier alpha value is -2.31. The zero-order valence-electron chi connectivity index (χ0n) is 11.2. The molecule has 0 bridgehead atoms. The number of amides is 3. The Kier molecular flexibility index (Phi) is 4.39. The summed E-state index contributed by atoms with van der Waals surface area (Å²) in [7, 11) is 0. The standard InChI is InChI=1S/C13H17N3O4/c1-9-12(18)15-6-7-16(9)11(17)4-5-14-13(19)10-3-2-8-20-10/h2-3,8-9H,4-7H2,1H3,(H,14,19)(H,15,18). The van der Waals surface area contributed by atoms with E-state index in [0.717, 1.165) is 0 Å². The maximum atomic E-state index is 12.0. The molecule has 2 N–H and O–H groups in total. The first-order valence-corrected chi connectivity index (χ1v) is 6.48. The van der Waals surface area contributed by atoms with Gasteiger partial charge in [-0.1, -0.05) is 0 Å². The smallest absolute Gasteiger partial charge is 0.286 e. The Morgan fingerprint density at radius 1 is 1.55 bits per heavy atom. The summed E-state index contributed by atoms with van der Waals surface area (Å²) in [6.45, 7) is 2.86. The molecule has 2 heterocycles. The van der Waals surface area contributed by atoms with Gasteiger partial charge in [0.1, 0.15) is 6.04 Å². The third-order valence-corrected chi connectivity index (χ3v) is 3.19. The second-order valence-corrected chi connectivity index (χ2v) is 4.54. The molecule has 1 saturated heterocycles. The lowest BCUT2D eigenvalue weighted by atomic mass is 10.2. The van der Waals surface area contributed by atoms with Gasteiger partial charge in [-0.2, -0.15) is 0 Å². The van der Waals surface area contributed by atoms with Crippen molar-refractivity contribution in [3.63, 3.8) is 0 Å². The van der Waals surface area contributed by atoms with Gasteiger partial charge in [0.2, 0.25) is 11.8 Å². The number of hydrogen-bond acceptors (Lipinski definition) is 4. The molecule has 1 fully saturated rings. The maximum absolute atomic E-state index is 12.0. The van der Waals surface area contributed by atoms with Gasteiger partial charge in [0.05, 0.1) is 6.26 Å². The molecule has 3 amide bonds. The van der Waals surface area contributed by atoms with Crippen molar-refractivity contribution >= 4 is 17.7 Å². The van der Waals surface area contributed by atoms with Crippen LogP contribution >= 0.6 is 0 Å². The molecule has 1 aromatic heterocycles. The van der Waals surface area contributed by atoms with Crippen LogP contribution in [0.5, 0.6) is 0 Å². The van der Waals surface area contributed by atoms with Crippen LogP contribution in [0, 0.1) is 0 Å². The average molecular weight is 279 g/mol. The summed E-state index contributed by atoms with van der Waals surface area (Å²) >= 11 is 0. The van der Waals surface area contributed by atoms with Crippen LogP contribution in [-0.4, -0.2) is 48.3 Å². The summed E-state index contributed by atoms with van der Waals surface area (Å²) in [4.78, 5) is 36.6. The molecule has 0 radical (unpaired) electrons. The van der Waals surface area contributed by atoms with E-state index in [4.69, 9.17) is 4.42 Å². The average Bonchev–Trinajstić information content (AvgIpc) is 2.95. The maximum Gasteiger partial charge on any atom is 0.286 e. The molecule has 0 spiro atoms. The van der Waals surface area contributed by atoms with Crippen LogP contribution in [-0.2, 0) is 9.59 Å². The quantitative estimate of drug-likeness (QED) is 0.794. The molecule has 1 aliphatic rings. The van der Waals surface area contributed by atoms with E-state index in [2.05, 4.69) is 10.6 Å². The monoisotopic (exact) mass is 279 g/mol. The summed E-state index contributed by atoms with van der Waals surface area (Å²) in [6.07, 6.45) is 1.57. The van der Waals surface area contributed by atoms with Crippen molar-refractivity contribution in [2.24, 2.45) is 0 Å². The Balaban J connectivity index is 1.77. The second kappa shape index (κ2) is 6.23. The normalized spacial score (nSPS) is 18.6. The highest BCUT2D eigenvalue weighted by Crippen LogP contribution is 2.06. The molecule has 108 valence electrons. The largest absolute Gasteiger partial charge is 0.459 e. The van der Waals surface area contributed by atoms with Crippen molar-refractivity contribution in [3.05, 3.63) is 24.2 Å². The van der Waals surface area contributed by atoms with Crippen molar-refractivity contribution in [1.29, 1.82) is 0 Å². The Morgan fingerprint density at radius 2 is 2.35 bits per heavy atom. The number of rotatable bonds is 4. The highest BCUT2D eigenvalue weighted by molar-refractivity contribution is 5.92. The van der Waals surface area contributed by atoms with Crippen LogP contribution in [0.4, 0.5) is 0 Å². The van der Waals surface area contributed by atoms with Gasteiger partial charge in [-0.3, -0.25) is 14.4 Å². The van der Waals surface area contributed by atoms with Crippen LogP contribution in [0.3, 0.4) is 0 Å². The zero-order valence-corrected chi connectivity index (χ0v) is 11.2. The lowest BCUT2D eigenvalue weighted by molar-refractivity contribution is -0.142. The third-order valence-electron chi connectivity index (χ3n) is 3.19. The van der Waals surface area contributed by atoms with Crippen LogP contribution in [0.25, 0.3) is 0 Å². The van der Waals surface area contributed by atoms with Crippen LogP contribution in [0.15, 0.2) is 22.8 Å². The molecule has 1 atom stereocenters. The predicted octanol–water partition coefficient (Wildman–Crippen LogP) is -0.254. The fourth-order valence-electron chi connectivity index (χ4n) is 2.04. The van der Waals surface area contributed by atoms with E-state index in [1.807, 2.05) is 0 Å². The van der Waals surface area contributed by atoms with Gasteiger partial charge in [0.25, 0.3) is 5.91 Å². The van der Waals surface area contributed by atoms with Gasteiger partial charge in [0, 0.05) is 26.1 Å². The van der Waals surface area contributed by atoms with E-state index in [9.17, 15) is 14.4 Å². The van der Waals surface area contributed by atoms with E-state index in [1.54, 1.807) is 19.1 Å². The number of carbonyl (C=O) groups excluding carboxylic acids is 3. The lowest BCUT2D eigenvalue weighted by Crippen LogP contribution is -2.56. The molecule has 7 heteroatoms. The highest BCUT2D eigenvalue weighted by atomic mass is 16.3. The van der Waals surface area contributed by atoms with E-state index in [-0.39, 0.29) is 36.4 Å². The van der Waals surface area contributed by atoms with Crippen LogP contribution < -0.4 is 10.6 Å². The molecule has 1 unspecified atom stereocenters. The number of nitrogens with zero attached hydrogens (tertiary/aromatic N) is 1. The molecule has 1 aliphatic heterocycles. The molecule has 0 aromatic carbocycles. The molecule has 1 aromatic rings. The minimum atomic E-state index is -0.461. The summed E-state index contributed by atoms with van der Waals surface area (Å²) in [5.74, 6) is -0.438. The molecule has 2 rings (SSSR count). The van der Waals surface area contributed by atoms with Crippen molar-refractivity contribution < 1.29 is 18.8 Å². The molecule has 0 saturated carbocycles. The van der Waals surface area contributed by atoms with Gasteiger partial charge < -0.3 is 20.0 Å². The zero-order chi connectivity index (χ0) is 14.5. The van der Waals surface area contributed by atoms with Gasteiger partial charge >= 0.3 is 0 Å². The van der Waals surface area contributed by atoms with Crippen molar-refractivity contribution in [1.82, 2.24) is 15.5 Å². The fourth-order valence-corrected chi connectivity index (χ4v) is 2.04. The summed E-state index contributed by atoms with van der Waals surface area (Å²) < 4.78 is 4.94. The topological polar surface area (TPSA) is 91.7 Å². The second-order valence-electron chi connectivity index (χ2n) is 4.54. The van der Waals surface area contributed by atoms with E-state index >= 15 is 0 Å². The highest BCUT2D eigenvalue weighted by Gasteiger charge is 2.28. The minimum Gasteiger partial charge on any atom is -0.459 e. The number of piperazine rings is 1. The minimum absolute atomic E-state index is 0.146. The van der Waals surface area contributed by atoms with Gasteiger partial charge in [-0.25, -0.2) is 0 Å². The number of hydrogen-bond donors (Lipinski definition) is 2. The van der Waals surface area contributed by atoms with Crippen molar-refractivity contribution in [2.75, 3.05) is 19.6 Å². The van der Waals surface area contributed by atoms with Crippen LogP contribution in [0.1, 0.15) is 23.9 Å². The predicted molar refractivity (Wildman–Crippen MR) is 69.8 cm³/mol. The summed E-state index contributed by atoms with van der Waals surface area (Å²) in [6, 6.07) is 2.71. The van der Waals surface area contributed by atoms with E-state index in [0.29, 0.717) is 13.1 Å². The molecule has 7 nitrogen and oxygen atoms in total. The number of furan rings is 1. The van der Waals surface area contributed by atoms with Crippen molar-refractivity contribution in [3.8, 4) is 0 Å². The van der Waals surface area contributed by atoms with Gasteiger partial charge in [0.15, 0.2) is 5.76 Å². The Morgan fingerprint density at radius 3 is 3.05 bits per heavy atom. The first kappa shape index (κ1) is 14.1. The first-order chi connectivity index (χ1) is 9.59. The number of nitrogens with one attached hydrogen (secondary N) is 2. The summed E-state index contributed by atoms with van der Waals surface area (Å²) in [5, 5.41) is 5.29. The molecular weight excluding hydrogens is 262 g/mol. The van der Waals surface area contributed by atoms with E-state index < -0.39 is 6.04 Å². The fraction of sp³-hybridized carbons (Fsp3) is 0.462. The Bertz CT molecular complexity index is 498. The third kappa shape index (κ3) is 3.17. The summed E-state index contributed by atoms with van der Waals surface area (Å²) in [5.41, 5.74) is 0. The molecule has 20 heavy (non-hydrogen) atoms.